The van der Waals surface area contributed by atoms with Crippen LogP contribution in [0.2, 0.25) is 0 Å². The Hall–Kier alpha value is -0.930. The summed E-state index contributed by atoms with van der Waals surface area (Å²) in [5.41, 5.74) is 6.12. The van der Waals surface area contributed by atoms with Crippen molar-refractivity contribution in [1.82, 2.24) is 5.32 Å². The summed E-state index contributed by atoms with van der Waals surface area (Å²) in [6.45, 7) is 1.70. The molecule has 1 fully saturated rings. The van der Waals surface area contributed by atoms with Gasteiger partial charge in [-0.05, 0) is 24.1 Å². The van der Waals surface area contributed by atoms with Crippen LogP contribution in [0.5, 0.6) is 0 Å². The van der Waals surface area contributed by atoms with Gasteiger partial charge in [-0.25, -0.2) is 4.39 Å². The molecule has 0 aliphatic carbocycles. The fourth-order valence-electron chi connectivity index (χ4n) is 1.85. The Bertz CT molecular complexity index is 302. The Morgan fingerprint density at radius 2 is 2.07 bits per heavy atom. The third kappa shape index (κ3) is 1.65. The highest BCUT2D eigenvalue weighted by atomic mass is 19.1. The number of nitrogens with two attached hydrogens (primary N) is 1. The molecule has 1 aromatic rings. The highest BCUT2D eigenvalue weighted by Gasteiger charge is 2.35. The molecule has 3 N–H and O–H groups in total. The van der Waals surface area contributed by atoms with Gasteiger partial charge in [-0.2, -0.15) is 0 Å². The van der Waals surface area contributed by atoms with E-state index in [0.717, 1.165) is 17.7 Å². The number of hydrogen-bond donors (Lipinski definition) is 2. The lowest BCUT2D eigenvalue weighted by Gasteiger charge is -2.18. The predicted molar refractivity (Wildman–Crippen MR) is 54.6 cm³/mol. The van der Waals surface area contributed by atoms with Crippen molar-refractivity contribution >= 4 is 0 Å². The van der Waals surface area contributed by atoms with Crippen LogP contribution in [0.1, 0.15) is 17.5 Å². The maximum absolute atomic E-state index is 14.2. The molecule has 0 bridgehead atoms. The first-order chi connectivity index (χ1) is 6.74. The maximum atomic E-state index is 14.2. The highest BCUT2D eigenvalue weighted by Crippen LogP contribution is 2.32. The van der Waals surface area contributed by atoms with Crippen molar-refractivity contribution in [2.24, 2.45) is 5.73 Å². The first kappa shape index (κ1) is 9.62. The van der Waals surface area contributed by atoms with E-state index in [1.165, 1.54) is 0 Å². The van der Waals surface area contributed by atoms with Crippen LogP contribution in [0, 0.1) is 0 Å². The first-order valence-corrected chi connectivity index (χ1v) is 4.94. The van der Waals surface area contributed by atoms with E-state index in [9.17, 15) is 4.39 Å². The Kier molecular flexibility index (Phi) is 2.52. The minimum Gasteiger partial charge on any atom is -0.326 e. The van der Waals surface area contributed by atoms with Gasteiger partial charge in [-0.3, -0.25) is 0 Å². The molecule has 3 heteroatoms. The largest absolute Gasteiger partial charge is 0.326 e. The number of nitrogens with one attached hydrogen (secondary N) is 1. The van der Waals surface area contributed by atoms with E-state index in [4.69, 9.17) is 5.73 Å². The molecule has 2 rings (SSSR count). The van der Waals surface area contributed by atoms with Gasteiger partial charge in [0.25, 0.3) is 0 Å². The molecule has 1 heterocycles. The van der Waals surface area contributed by atoms with Gasteiger partial charge < -0.3 is 11.1 Å². The van der Waals surface area contributed by atoms with Crippen molar-refractivity contribution in [2.45, 2.75) is 18.6 Å². The summed E-state index contributed by atoms with van der Waals surface area (Å²) in [6, 6.07) is 7.48. The maximum Gasteiger partial charge on any atom is 0.149 e. The highest BCUT2D eigenvalue weighted by molar-refractivity contribution is 5.28. The summed E-state index contributed by atoms with van der Waals surface area (Å²) in [6.07, 6.45) is 0.564. The fraction of sp³-hybridized carbons (Fsp3) is 0.455. The Morgan fingerprint density at radius 3 is 2.57 bits per heavy atom. The normalized spacial score (nSPS) is 26.7. The molecular formula is C11H15FN2. The lowest BCUT2D eigenvalue weighted by atomic mass is 9.94. The molecule has 76 valence electrons. The van der Waals surface area contributed by atoms with Crippen molar-refractivity contribution in [3.05, 3.63) is 35.4 Å². The number of halogens is 1. The van der Waals surface area contributed by atoms with Crippen LogP contribution < -0.4 is 11.1 Å². The smallest absolute Gasteiger partial charge is 0.149 e. The molecule has 0 radical (unpaired) electrons. The van der Waals surface area contributed by atoms with E-state index >= 15 is 0 Å². The topological polar surface area (TPSA) is 38.0 Å². The molecule has 1 aliphatic rings. The molecule has 2 nitrogen and oxygen atoms in total. The molecule has 1 saturated heterocycles. The molecule has 0 aromatic heterocycles. The van der Waals surface area contributed by atoms with Crippen molar-refractivity contribution in [3.8, 4) is 0 Å². The molecule has 0 spiro atoms. The molecule has 1 aliphatic heterocycles. The quantitative estimate of drug-likeness (QED) is 0.744. The van der Waals surface area contributed by atoms with Crippen molar-refractivity contribution in [2.75, 3.05) is 13.1 Å². The number of rotatable bonds is 2. The monoisotopic (exact) mass is 194 g/mol. The van der Waals surface area contributed by atoms with Crippen LogP contribution >= 0.6 is 0 Å². The van der Waals surface area contributed by atoms with Crippen LogP contribution in [0.15, 0.2) is 24.3 Å². The summed E-state index contributed by atoms with van der Waals surface area (Å²) in [4.78, 5) is 0. The van der Waals surface area contributed by atoms with Gasteiger partial charge in [0.2, 0.25) is 0 Å². The summed E-state index contributed by atoms with van der Waals surface area (Å²) < 4.78 is 14.2. The SMILES string of the molecule is NCc1ccc(C2(F)CCNC2)cc1. The van der Waals surface area contributed by atoms with E-state index in [1.54, 1.807) is 0 Å². The standard InChI is InChI=1S/C11H15FN2/c12-11(5-6-14-8-11)10-3-1-9(7-13)2-4-10/h1-4,14H,5-8,13H2. The molecular weight excluding hydrogens is 179 g/mol. The molecule has 0 saturated carbocycles. The van der Waals surface area contributed by atoms with Gasteiger partial charge in [0.05, 0.1) is 0 Å². The minimum absolute atomic E-state index is 0.426. The van der Waals surface area contributed by atoms with E-state index in [-0.39, 0.29) is 0 Å². The van der Waals surface area contributed by atoms with E-state index in [0.29, 0.717) is 19.5 Å². The lowest BCUT2D eigenvalue weighted by Crippen LogP contribution is -2.23. The predicted octanol–water partition coefficient (Wildman–Crippen LogP) is 1.30. The summed E-state index contributed by atoms with van der Waals surface area (Å²) in [7, 11) is 0. The van der Waals surface area contributed by atoms with Crippen LogP contribution in [-0.4, -0.2) is 13.1 Å². The zero-order valence-corrected chi connectivity index (χ0v) is 8.09. The summed E-state index contributed by atoms with van der Waals surface area (Å²) in [5, 5.41) is 3.04. The van der Waals surface area contributed by atoms with E-state index in [1.807, 2.05) is 24.3 Å². The van der Waals surface area contributed by atoms with Crippen molar-refractivity contribution in [3.63, 3.8) is 0 Å². The first-order valence-electron chi connectivity index (χ1n) is 4.94. The molecule has 1 aromatic carbocycles. The zero-order chi connectivity index (χ0) is 10.0. The number of benzene rings is 1. The molecule has 1 atom stereocenters. The second-order valence-corrected chi connectivity index (χ2v) is 3.79. The van der Waals surface area contributed by atoms with Gasteiger partial charge in [-0.15, -0.1) is 0 Å². The number of alkyl halides is 1. The molecule has 14 heavy (non-hydrogen) atoms. The van der Waals surface area contributed by atoms with Crippen LogP contribution in [0.4, 0.5) is 4.39 Å². The average molecular weight is 194 g/mol. The Morgan fingerprint density at radius 1 is 1.36 bits per heavy atom. The van der Waals surface area contributed by atoms with Crippen LogP contribution in [0.25, 0.3) is 0 Å². The molecule has 0 amide bonds. The van der Waals surface area contributed by atoms with E-state index < -0.39 is 5.67 Å². The van der Waals surface area contributed by atoms with Gasteiger partial charge in [-0.1, -0.05) is 24.3 Å². The van der Waals surface area contributed by atoms with Crippen molar-refractivity contribution in [1.29, 1.82) is 0 Å². The van der Waals surface area contributed by atoms with Gasteiger partial charge in [0.1, 0.15) is 5.67 Å². The minimum atomic E-state index is -1.17. The van der Waals surface area contributed by atoms with Gasteiger partial charge in [0.15, 0.2) is 0 Å². The lowest BCUT2D eigenvalue weighted by molar-refractivity contribution is 0.193. The third-order valence-corrected chi connectivity index (χ3v) is 2.81. The second kappa shape index (κ2) is 3.67. The summed E-state index contributed by atoms with van der Waals surface area (Å²) >= 11 is 0. The molecule has 1 unspecified atom stereocenters. The zero-order valence-electron chi connectivity index (χ0n) is 8.09. The number of hydrogen-bond acceptors (Lipinski definition) is 2. The Balaban J connectivity index is 2.23. The Labute approximate surface area is 83.3 Å². The fourth-order valence-corrected chi connectivity index (χ4v) is 1.85. The van der Waals surface area contributed by atoms with Crippen LogP contribution in [-0.2, 0) is 12.2 Å². The third-order valence-electron chi connectivity index (χ3n) is 2.81. The van der Waals surface area contributed by atoms with Gasteiger partial charge in [0, 0.05) is 13.1 Å². The average Bonchev–Trinajstić information content (AvgIpc) is 2.67. The summed E-state index contributed by atoms with van der Waals surface area (Å²) in [5.74, 6) is 0. The second-order valence-electron chi connectivity index (χ2n) is 3.79. The van der Waals surface area contributed by atoms with E-state index in [2.05, 4.69) is 5.32 Å². The van der Waals surface area contributed by atoms with Crippen LogP contribution in [0.3, 0.4) is 0 Å². The van der Waals surface area contributed by atoms with Crippen molar-refractivity contribution < 1.29 is 4.39 Å². The van der Waals surface area contributed by atoms with Gasteiger partial charge >= 0.3 is 0 Å².